The molecular weight excluding hydrogens is 254 g/mol. The van der Waals surface area contributed by atoms with Crippen molar-refractivity contribution in [2.75, 3.05) is 13.2 Å². The number of rotatable bonds is 6. The van der Waals surface area contributed by atoms with Crippen LogP contribution in [0.4, 0.5) is 0 Å². The first-order chi connectivity index (χ1) is 7.24. The number of benzene rings is 1. The Bertz CT molecular complexity index is 273. The minimum Gasteiger partial charge on any atom is -0.396 e. The Morgan fingerprint density at radius 3 is 2.53 bits per heavy atom. The summed E-state index contributed by atoms with van der Waals surface area (Å²) in [6, 6.07) is 8.72. The van der Waals surface area contributed by atoms with E-state index in [1.807, 2.05) is 0 Å². The fraction of sp³-hybridized carbons (Fsp3) is 0.500. The van der Waals surface area contributed by atoms with Crippen LogP contribution in [0.25, 0.3) is 0 Å². The second-order valence-corrected chi connectivity index (χ2v) is 4.57. The first kappa shape index (κ1) is 12.7. The van der Waals surface area contributed by atoms with Gasteiger partial charge in [-0.25, -0.2) is 0 Å². The quantitative estimate of drug-likeness (QED) is 0.780. The number of hydrogen-bond acceptors (Lipinski definition) is 2. The second kappa shape index (κ2) is 6.99. The maximum Gasteiger partial charge on any atom is 0.0431 e. The smallest absolute Gasteiger partial charge is 0.0431 e. The highest BCUT2D eigenvalue weighted by Gasteiger charge is 2.03. The molecule has 0 bridgehead atoms. The molecule has 1 aromatic carbocycles. The standard InChI is InChI=1S/C12H18BrNO/c1-10(14-8-2-3-9-15)11-4-6-12(13)7-5-11/h4-7,10,14-15H,2-3,8-9H2,1H3. The van der Waals surface area contributed by atoms with E-state index in [2.05, 4.69) is 52.4 Å². The Morgan fingerprint density at radius 2 is 1.93 bits per heavy atom. The zero-order valence-corrected chi connectivity index (χ0v) is 10.6. The molecule has 0 aliphatic carbocycles. The molecule has 0 saturated carbocycles. The molecule has 1 aromatic rings. The van der Waals surface area contributed by atoms with Gasteiger partial charge in [-0.15, -0.1) is 0 Å². The summed E-state index contributed by atoms with van der Waals surface area (Å²) in [7, 11) is 0. The zero-order valence-electron chi connectivity index (χ0n) is 9.04. The Hall–Kier alpha value is -0.380. The highest BCUT2D eigenvalue weighted by Crippen LogP contribution is 2.16. The predicted octanol–water partition coefficient (Wildman–Crippen LogP) is 2.87. The van der Waals surface area contributed by atoms with Crippen LogP contribution >= 0.6 is 15.9 Å². The van der Waals surface area contributed by atoms with Gasteiger partial charge >= 0.3 is 0 Å². The molecule has 0 radical (unpaired) electrons. The molecule has 0 heterocycles. The number of unbranched alkanes of at least 4 members (excludes halogenated alkanes) is 1. The average Bonchev–Trinajstić information content (AvgIpc) is 2.25. The topological polar surface area (TPSA) is 32.3 Å². The van der Waals surface area contributed by atoms with E-state index in [-0.39, 0.29) is 6.61 Å². The minimum atomic E-state index is 0.286. The average molecular weight is 272 g/mol. The van der Waals surface area contributed by atoms with Crippen molar-refractivity contribution < 1.29 is 5.11 Å². The molecule has 84 valence electrons. The fourth-order valence-electron chi connectivity index (χ4n) is 1.42. The highest BCUT2D eigenvalue weighted by molar-refractivity contribution is 9.10. The number of aliphatic hydroxyl groups is 1. The maximum atomic E-state index is 8.65. The summed E-state index contributed by atoms with van der Waals surface area (Å²) in [5.74, 6) is 0. The summed E-state index contributed by atoms with van der Waals surface area (Å²) < 4.78 is 1.11. The molecule has 15 heavy (non-hydrogen) atoms. The summed E-state index contributed by atoms with van der Waals surface area (Å²) in [6.45, 7) is 3.40. The van der Waals surface area contributed by atoms with Crippen LogP contribution in [0.15, 0.2) is 28.7 Å². The first-order valence-corrected chi connectivity index (χ1v) is 6.13. The first-order valence-electron chi connectivity index (χ1n) is 5.33. The lowest BCUT2D eigenvalue weighted by molar-refractivity contribution is 0.283. The number of hydrogen-bond donors (Lipinski definition) is 2. The van der Waals surface area contributed by atoms with Crippen LogP contribution in [-0.2, 0) is 0 Å². The van der Waals surface area contributed by atoms with Crippen molar-refractivity contribution in [2.24, 2.45) is 0 Å². The van der Waals surface area contributed by atoms with E-state index in [0.29, 0.717) is 6.04 Å². The third-order valence-corrected chi connectivity index (χ3v) is 2.93. The third kappa shape index (κ3) is 4.78. The molecular formula is C12H18BrNO. The Labute approximate surface area is 99.8 Å². The number of aliphatic hydroxyl groups excluding tert-OH is 1. The van der Waals surface area contributed by atoms with E-state index in [9.17, 15) is 0 Å². The SMILES string of the molecule is CC(NCCCCO)c1ccc(Br)cc1. The van der Waals surface area contributed by atoms with Crippen molar-refractivity contribution in [1.29, 1.82) is 0 Å². The summed E-state index contributed by atoms with van der Waals surface area (Å²) in [5.41, 5.74) is 1.29. The molecule has 0 aromatic heterocycles. The number of nitrogens with one attached hydrogen (secondary N) is 1. The molecule has 1 rings (SSSR count). The summed E-state index contributed by atoms with van der Waals surface area (Å²) in [4.78, 5) is 0. The van der Waals surface area contributed by atoms with E-state index in [4.69, 9.17) is 5.11 Å². The fourth-order valence-corrected chi connectivity index (χ4v) is 1.69. The van der Waals surface area contributed by atoms with Crippen LogP contribution < -0.4 is 5.32 Å². The van der Waals surface area contributed by atoms with Crippen molar-refractivity contribution in [3.05, 3.63) is 34.3 Å². The van der Waals surface area contributed by atoms with E-state index in [1.165, 1.54) is 5.56 Å². The van der Waals surface area contributed by atoms with Gasteiger partial charge in [-0.2, -0.15) is 0 Å². The van der Waals surface area contributed by atoms with Crippen LogP contribution in [0, 0.1) is 0 Å². The van der Waals surface area contributed by atoms with Crippen molar-refractivity contribution in [1.82, 2.24) is 5.32 Å². The zero-order chi connectivity index (χ0) is 11.1. The van der Waals surface area contributed by atoms with Crippen LogP contribution in [0.3, 0.4) is 0 Å². The van der Waals surface area contributed by atoms with E-state index in [0.717, 1.165) is 23.9 Å². The molecule has 0 aliphatic heterocycles. The van der Waals surface area contributed by atoms with E-state index >= 15 is 0 Å². The predicted molar refractivity (Wildman–Crippen MR) is 66.9 cm³/mol. The Morgan fingerprint density at radius 1 is 1.27 bits per heavy atom. The second-order valence-electron chi connectivity index (χ2n) is 3.66. The van der Waals surface area contributed by atoms with Gasteiger partial charge in [-0.1, -0.05) is 28.1 Å². The van der Waals surface area contributed by atoms with Crippen LogP contribution in [0.5, 0.6) is 0 Å². The Kier molecular flexibility index (Phi) is 5.91. The molecule has 0 saturated heterocycles. The van der Waals surface area contributed by atoms with Crippen molar-refractivity contribution in [3.63, 3.8) is 0 Å². The summed E-state index contributed by atoms with van der Waals surface area (Å²) >= 11 is 3.42. The normalized spacial score (nSPS) is 12.7. The molecule has 1 unspecified atom stereocenters. The molecule has 2 N–H and O–H groups in total. The molecule has 2 nitrogen and oxygen atoms in total. The molecule has 0 aliphatic rings. The van der Waals surface area contributed by atoms with Crippen molar-refractivity contribution in [3.8, 4) is 0 Å². The van der Waals surface area contributed by atoms with Gasteiger partial charge in [0.2, 0.25) is 0 Å². The molecule has 3 heteroatoms. The lowest BCUT2D eigenvalue weighted by Gasteiger charge is -2.13. The highest BCUT2D eigenvalue weighted by atomic mass is 79.9. The lowest BCUT2D eigenvalue weighted by Crippen LogP contribution is -2.19. The van der Waals surface area contributed by atoms with E-state index in [1.54, 1.807) is 0 Å². The van der Waals surface area contributed by atoms with Crippen molar-refractivity contribution >= 4 is 15.9 Å². The molecule has 0 amide bonds. The lowest BCUT2D eigenvalue weighted by atomic mass is 10.1. The summed E-state index contributed by atoms with van der Waals surface area (Å²) in [6.07, 6.45) is 1.90. The van der Waals surface area contributed by atoms with Gasteiger partial charge in [0, 0.05) is 17.1 Å². The van der Waals surface area contributed by atoms with Gasteiger partial charge in [-0.05, 0) is 44.0 Å². The molecule has 0 spiro atoms. The van der Waals surface area contributed by atoms with Gasteiger partial charge in [0.25, 0.3) is 0 Å². The third-order valence-electron chi connectivity index (χ3n) is 2.41. The van der Waals surface area contributed by atoms with Gasteiger partial charge in [0.15, 0.2) is 0 Å². The van der Waals surface area contributed by atoms with Gasteiger partial charge in [-0.3, -0.25) is 0 Å². The number of halogens is 1. The van der Waals surface area contributed by atoms with Crippen LogP contribution in [0.1, 0.15) is 31.4 Å². The molecule has 0 fully saturated rings. The minimum absolute atomic E-state index is 0.286. The van der Waals surface area contributed by atoms with Gasteiger partial charge in [0.1, 0.15) is 0 Å². The monoisotopic (exact) mass is 271 g/mol. The Balaban J connectivity index is 2.33. The van der Waals surface area contributed by atoms with E-state index < -0.39 is 0 Å². The van der Waals surface area contributed by atoms with Gasteiger partial charge in [0.05, 0.1) is 0 Å². The largest absolute Gasteiger partial charge is 0.396 e. The summed E-state index contributed by atoms with van der Waals surface area (Å²) in [5, 5.41) is 12.1. The van der Waals surface area contributed by atoms with Crippen LogP contribution in [0.2, 0.25) is 0 Å². The van der Waals surface area contributed by atoms with Gasteiger partial charge < -0.3 is 10.4 Å². The van der Waals surface area contributed by atoms with Crippen LogP contribution in [-0.4, -0.2) is 18.3 Å². The molecule has 1 atom stereocenters. The maximum absolute atomic E-state index is 8.65. The van der Waals surface area contributed by atoms with Crippen molar-refractivity contribution in [2.45, 2.75) is 25.8 Å².